The summed E-state index contributed by atoms with van der Waals surface area (Å²) in [7, 11) is -0.153. The van der Waals surface area contributed by atoms with Crippen molar-refractivity contribution in [2.24, 2.45) is 0 Å². The number of hydrogen-bond donors (Lipinski definition) is 0. The second kappa shape index (κ2) is 12.0. The summed E-state index contributed by atoms with van der Waals surface area (Å²) in [5, 5.41) is 1.65. The van der Waals surface area contributed by atoms with Crippen molar-refractivity contribution in [2.75, 3.05) is 6.61 Å². The van der Waals surface area contributed by atoms with Crippen molar-refractivity contribution in [1.29, 1.82) is 0 Å². The van der Waals surface area contributed by atoms with Crippen molar-refractivity contribution in [3.05, 3.63) is 84.4 Å². The number of benzene rings is 3. The van der Waals surface area contributed by atoms with Gasteiger partial charge in [-0.05, 0) is 59.5 Å². The van der Waals surface area contributed by atoms with Gasteiger partial charge in [-0.1, -0.05) is 119 Å². The van der Waals surface area contributed by atoms with E-state index in [1.807, 2.05) is 0 Å². The van der Waals surface area contributed by atoms with Crippen LogP contribution in [0.25, 0.3) is 11.1 Å². The van der Waals surface area contributed by atoms with Crippen LogP contribution in [0, 0.1) is 0 Å². The summed E-state index contributed by atoms with van der Waals surface area (Å²) in [5.41, 5.74) is 5.85. The summed E-state index contributed by atoms with van der Waals surface area (Å²) in [6.45, 7) is 0.712. The molecule has 2 fully saturated rings. The van der Waals surface area contributed by atoms with E-state index in [1.165, 1.54) is 80.9 Å². The summed E-state index contributed by atoms with van der Waals surface area (Å²) in [4.78, 5) is 0. The first-order chi connectivity index (χ1) is 16.9. The first kappa shape index (κ1) is 23.6. The van der Waals surface area contributed by atoms with E-state index in [1.54, 1.807) is 5.30 Å². The smallest absolute Gasteiger partial charge is 0.127 e. The van der Waals surface area contributed by atoms with E-state index in [0.717, 1.165) is 23.5 Å². The average Bonchev–Trinajstić information content (AvgIpc) is 2.91. The molecule has 3 aromatic rings. The van der Waals surface area contributed by atoms with Gasteiger partial charge in [-0.25, -0.2) is 0 Å². The van der Waals surface area contributed by atoms with E-state index in [-0.39, 0.29) is 7.92 Å². The van der Waals surface area contributed by atoms with Crippen LogP contribution in [0.15, 0.2) is 78.9 Å². The highest BCUT2D eigenvalue weighted by Gasteiger charge is 2.33. The van der Waals surface area contributed by atoms with Crippen molar-refractivity contribution < 1.29 is 4.74 Å². The van der Waals surface area contributed by atoms with E-state index in [4.69, 9.17) is 4.74 Å². The molecule has 0 aromatic heterocycles. The molecule has 2 heteroatoms. The minimum atomic E-state index is -0.153. The fourth-order valence-electron chi connectivity index (χ4n) is 6.08. The van der Waals surface area contributed by atoms with Gasteiger partial charge in [-0.3, -0.25) is 0 Å². The van der Waals surface area contributed by atoms with Gasteiger partial charge in [-0.2, -0.15) is 0 Å². The lowest BCUT2D eigenvalue weighted by Crippen LogP contribution is -2.27. The fraction of sp³-hybridized carbons (Fsp3) is 0.438. The SMILES string of the molecule is c1ccc(CCOc2ccccc2-c2ccccc2P(C2CCCCC2)C2CCCCC2)cc1. The van der Waals surface area contributed by atoms with Gasteiger partial charge >= 0.3 is 0 Å². The van der Waals surface area contributed by atoms with Crippen LogP contribution in [0.3, 0.4) is 0 Å². The number of rotatable bonds is 8. The van der Waals surface area contributed by atoms with Gasteiger partial charge in [0.25, 0.3) is 0 Å². The van der Waals surface area contributed by atoms with Crippen LogP contribution in [-0.4, -0.2) is 17.9 Å². The lowest BCUT2D eigenvalue weighted by molar-refractivity contribution is 0.323. The first-order valence-corrected chi connectivity index (χ1v) is 15.0. The van der Waals surface area contributed by atoms with E-state index >= 15 is 0 Å². The Morgan fingerprint density at radius 1 is 0.588 bits per heavy atom. The van der Waals surface area contributed by atoms with Gasteiger partial charge in [0.2, 0.25) is 0 Å². The summed E-state index contributed by atoms with van der Waals surface area (Å²) < 4.78 is 6.43. The maximum absolute atomic E-state index is 6.43. The van der Waals surface area contributed by atoms with Crippen LogP contribution >= 0.6 is 7.92 Å². The molecule has 3 aromatic carbocycles. The molecule has 0 N–H and O–H groups in total. The second-order valence-electron chi connectivity index (χ2n) is 10.1. The molecule has 0 radical (unpaired) electrons. The molecule has 0 atom stereocenters. The van der Waals surface area contributed by atoms with Crippen molar-refractivity contribution >= 4 is 13.2 Å². The maximum atomic E-state index is 6.43. The largest absolute Gasteiger partial charge is 0.493 e. The molecule has 0 saturated heterocycles. The van der Waals surface area contributed by atoms with Gasteiger partial charge in [0.15, 0.2) is 0 Å². The van der Waals surface area contributed by atoms with Crippen LogP contribution in [0.1, 0.15) is 69.8 Å². The second-order valence-corrected chi connectivity index (χ2v) is 12.8. The van der Waals surface area contributed by atoms with Crippen LogP contribution < -0.4 is 10.0 Å². The summed E-state index contributed by atoms with van der Waals surface area (Å²) in [6, 6.07) is 28.8. The highest BCUT2D eigenvalue weighted by atomic mass is 31.1. The maximum Gasteiger partial charge on any atom is 0.127 e. The topological polar surface area (TPSA) is 9.23 Å². The Morgan fingerprint density at radius 2 is 1.15 bits per heavy atom. The first-order valence-electron chi connectivity index (χ1n) is 13.5. The Balaban J connectivity index is 1.44. The molecule has 1 nitrogen and oxygen atoms in total. The highest BCUT2D eigenvalue weighted by molar-refractivity contribution is 7.67. The molecular formula is C32H39OP. The predicted molar refractivity (Wildman–Crippen MR) is 148 cm³/mol. The Kier molecular flexibility index (Phi) is 8.36. The standard InChI is InChI=1S/C32H39OP/c1-4-14-26(15-5-1)24-25-33-31-22-12-10-20-29(31)30-21-11-13-23-32(30)34(27-16-6-2-7-17-27)28-18-8-3-9-19-28/h1,4-5,10-15,20-23,27-28H,2-3,6-9,16-19,24-25H2. The van der Waals surface area contributed by atoms with E-state index < -0.39 is 0 Å². The lowest BCUT2D eigenvalue weighted by atomic mass is 9.99. The number of ether oxygens (including phenoxy) is 1. The van der Waals surface area contributed by atoms with Gasteiger partial charge < -0.3 is 4.74 Å². The summed E-state index contributed by atoms with van der Waals surface area (Å²) in [5.74, 6) is 1.04. The molecule has 0 heterocycles. The minimum Gasteiger partial charge on any atom is -0.493 e. The van der Waals surface area contributed by atoms with Crippen LogP contribution in [0.5, 0.6) is 5.75 Å². The normalized spacial score (nSPS) is 17.7. The van der Waals surface area contributed by atoms with Crippen molar-refractivity contribution in [3.8, 4) is 16.9 Å². The molecule has 0 amide bonds. The van der Waals surface area contributed by atoms with Crippen molar-refractivity contribution in [3.63, 3.8) is 0 Å². The third-order valence-electron chi connectivity index (χ3n) is 7.79. The van der Waals surface area contributed by atoms with Crippen LogP contribution in [0.2, 0.25) is 0 Å². The van der Waals surface area contributed by atoms with Crippen LogP contribution in [0.4, 0.5) is 0 Å². The van der Waals surface area contributed by atoms with Gasteiger partial charge in [0.05, 0.1) is 6.61 Å². The molecule has 2 saturated carbocycles. The average molecular weight is 471 g/mol. The molecule has 0 spiro atoms. The quantitative estimate of drug-likeness (QED) is 0.299. The van der Waals surface area contributed by atoms with Crippen molar-refractivity contribution in [2.45, 2.75) is 81.9 Å². The summed E-state index contributed by atoms with van der Waals surface area (Å²) >= 11 is 0. The Morgan fingerprint density at radius 3 is 1.82 bits per heavy atom. The van der Waals surface area contributed by atoms with Gasteiger partial charge in [0, 0.05) is 12.0 Å². The van der Waals surface area contributed by atoms with Gasteiger partial charge in [0.1, 0.15) is 5.75 Å². The van der Waals surface area contributed by atoms with Crippen molar-refractivity contribution in [1.82, 2.24) is 0 Å². The number of hydrogen-bond acceptors (Lipinski definition) is 1. The zero-order valence-corrected chi connectivity index (χ0v) is 21.4. The zero-order valence-electron chi connectivity index (χ0n) is 20.5. The minimum absolute atomic E-state index is 0.153. The highest BCUT2D eigenvalue weighted by Crippen LogP contribution is 2.56. The monoisotopic (exact) mass is 470 g/mol. The lowest BCUT2D eigenvalue weighted by Gasteiger charge is -2.39. The third-order valence-corrected chi connectivity index (χ3v) is 11.3. The molecule has 5 rings (SSSR count). The Labute approximate surface area is 207 Å². The molecule has 2 aliphatic carbocycles. The van der Waals surface area contributed by atoms with E-state index in [9.17, 15) is 0 Å². The molecule has 178 valence electrons. The molecule has 0 unspecified atom stereocenters. The Hall–Kier alpha value is -2.11. The molecule has 34 heavy (non-hydrogen) atoms. The van der Waals surface area contributed by atoms with E-state index in [0.29, 0.717) is 6.61 Å². The molecule has 0 aliphatic heterocycles. The molecule has 2 aliphatic rings. The third kappa shape index (κ3) is 5.75. The van der Waals surface area contributed by atoms with Crippen LogP contribution in [-0.2, 0) is 6.42 Å². The van der Waals surface area contributed by atoms with Gasteiger partial charge in [-0.15, -0.1) is 0 Å². The molecule has 0 bridgehead atoms. The Bertz CT molecular complexity index is 1000. The van der Waals surface area contributed by atoms with E-state index in [2.05, 4.69) is 78.9 Å². The zero-order chi connectivity index (χ0) is 23.0. The summed E-state index contributed by atoms with van der Waals surface area (Å²) in [6.07, 6.45) is 15.3. The molecular weight excluding hydrogens is 431 g/mol. The predicted octanol–water partition coefficient (Wildman–Crippen LogP) is 8.75. The fourth-order valence-corrected chi connectivity index (χ4v) is 10.0. The number of para-hydroxylation sites is 1.